The van der Waals surface area contributed by atoms with Crippen molar-refractivity contribution in [3.63, 3.8) is 0 Å². The number of benzene rings is 1. The number of carbonyl (C=O) groups excluding carboxylic acids is 1. The Balaban J connectivity index is 1.79. The van der Waals surface area contributed by atoms with Crippen LogP contribution in [-0.2, 0) is 14.2 Å². The molecule has 9 nitrogen and oxygen atoms in total. The van der Waals surface area contributed by atoms with Crippen LogP contribution >= 0.6 is 11.6 Å². The van der Waals surface area contributed by atoms with Gasteiger partial charge in [0.15, 0.2) is 0 Å². The van der Waals surface area contributed by atoms with Crippen molar-refractivity contribution in [1.82, 2.24) is 10.2 Å². The smallest absolute Gasteiger partial charge is 0.407 e. The summed E-state index contributed by atoms with van der Waals surface area (Å²) in [5.41, 5.74) is 7.48. The first-order valence-electron chi connectivity index (χ1n) is 12.4. The maximum atomic E-state index is 12.2. The number of carboxylic acid groups (broad SMARTS) is 1. The minimum Gasteiger partial charge on any atom is -0.465 e. The topological polar surface area (TPSA) is 123 Å². The molecule has 0 saturated carbocycles. The summed E-state index contributed by atoms with van der Waals surface area (Å²) in [5.74, 6) is 0.300. The fourth-order valence-corrected chi connectivity index (χ4v) is 5.57. The molecule has 35 heavy (non-hydrogen) atoms. The van der Waals surface area contributed by atoms with Crippen molar-refractivity contribution < 1.29 is 28.9 Å². The summed E-state index contributed by atoms with van der Waals surface area (Å²) in [6.07, 6.45) is 3.15. The average molecular weight is 512 g/mol. The Bertz CT molecular complexity index is 822. The maximum Gasteiger partial charge on any atom is 0.407 e. The van der Waals surface area contributed by atoms with Crippen LogP contribution in [0.2, 0.25) is 5.02 Å². The standard InChI is InChI=1S/C25H38ClN3O6/c1-33-24(30)28-9-12-35-23(18-6-2-7-19(26)14-18)21-8-3-10-29(25(31)32)22(21)15-20(27)13-17-5-4-11-34-16-17/h2,6-7,14,17,20-23H,3-5,8-13,15-16,27H2,1H3,(H,28,30)(H,31,32)/t17?,20?,21?,22?,23-/m0/s1. The summed E-state index contributed by atoms with van der Waals surface area (Å²) in [5, 5.41) is 13.2. The number of hydrogen-bond acceptors (Lipinski definition) is 6. The summed E-state index contributed by atoms with van der Waals surface area (Å²) < 4.78 is 16.5. The first kappa shape index (κ1) is 27.5. The fraction of sp³-hybridized carbons (Fsp3) is 0.680. The molecule has 4 N–H and O–H groups in total. The van der Waals surface area contributed by atoms with Gasteiger partial charge in [-0.05, 0) is 62.1 Å². The van der Waals surface area contributed by atoms with E-state index in [2.05, 4.69) is 10.1 Å². The van der Waals surface area contributed by atoms with Crippen LogP contribution in [-0.4, -0.2) is 74.3 Å². The lowest BCUT2D eigenvalue weighted by Crippen LogP contribution is -2.52. The quantitative estimate of drug-likeness (QED) is 0.405. The van der Waals surface area contributed by atoms with Gasteiger partial charge in [0.1, 0.15) is 0 Å². The van der Waals surface area contributed by atoms with E-state index in [1.54, 1.807) is 6.07 Å². The zero-order chi connectivity index (χ0) is 25.2. The molecule has 2 aliphatic heterocycles. The van der Waals surface area contributed by atoms with Crippen molar-refractivity contribution >= 4 is 23.8 Å². The van der Waals surface area contributed by atoms with E-state index in [0.717, 1.165) is 44.3 Å². The molecule has 196 valence electrons. The molecule has 2 heterocycles. The van der Waals surface area contributed by atoms with E-state index >= 15 is 0 Å². The molecule has 0 bridgehead atoms. The summed E-state index contributed by atoms with van der Waals surface area (Å²) in [4.78, 5) is 25.2. The van der Waals surface area contributed by atoms with E-state index < -0.39 is 18.3 Å². The lowest BCUT2D eigenvalue weighted by molar-refractivity contribution is -0.0411. The highest BCUT2D eigenvalue weighted by atomic mass is 35.5. The Labute approximate surface area is 212 Å². The molecule has 5 atom stereocenters. The molecule has 2 amide bonds. The van der Waals surface area contributed by atoms with Crippen molar-refractivity contribution in [1.29, 1.82) is 0 Å². The van der Waals surface area contributed by atoms with E-state index in [0.29, 0.717) is 30.5 Å². The van der Waals surface area contributed by atoms with E-state index in [9.17, 15) is 14.7 Å². The molecule has 0 radical (unpaired) electrons. The van der Waals surface area contributed by atoms with Gasteiger partial charge in [-0.3, -0.25) is 0 Å². The van der Waals surface area contributed by atoms with Crippen LogP contribution < -0.4 is 11.1 Å². The number of ether oxygens (including phenoxy) is 3. The van der Waals surface area contributed by atoms with E-state index in [4.69, 9.17) is 26.8 Å². The normalized spacial score (nSPS) is 24.4. The molecule has 2 fully saturated rings. The summed E-state index contributed by atoms with van der Waals surface area (Å²) in [7, 11) is 1.31. The number of piperidine rings is 1. The fourth-order valence-electron chi connectivity index (χ4n) is 5.37. The Morgan fingerprint density at radius 3 is 2.83 bits per heavy atom. The van der Waals surface area contributed by atoms with Gasteiger partial charge in [0, 0.05) is 49.3 Å². The number of nitrogens with two attached hydrogens (primary N) is 1. The van der Waals surface area contributed by atoms with Crippen molar-refractivity contribution in [3.8, 4) is 0 Å². The molecule has 0 aliphatic carbocycles. The van der Waals surface area contributed by atoms with Crippen LogP contribution in [0.5, 0.6) is 0 Å². The molecular formula is C25H38ClN3O6. The van der Waals surface area contributed by atoms with Gasteiger partial charge in [-0.2, -0.15) is 0 Å². The molecule has 10 heteroatoms. The van der Waals surface area contributed by atoms with Crippen molar-refractivity contribution in [3.05, 3.63) is 34.9 Å². The predicted molar refractivity (Wildman–Crippen MR) is 133 cm³/mol. The number of nitrogens with one attached hydrogen (secondary N) is 1. The zero-order valence-electron chi connectivity index (χ0n) is 20.4. The van der Waals surface area contributed by atoms with Crippen LogP contribution in [0.25, 0.3) is 0 Å². The number of likely N-dealkylation sites (tertiary alicyclic amines) is 1. The molecule has 2 aliphatic rings. The Morgan fingerprint density at radius 1 is 1.31 bits per heavy atom. The Morgan fingerprint density at radius 2 is 2.14 bits per heavy atom. The molecular weight excluding hydrogens is 474 g/mol. The second-order valence-electron chi connectivity index (χ2n) is 9.43. The van der Waals surface area contributed by atoms with Gasteiger partial charge >= 0.3 is 12.2 Å². The molecule has 3 rings (SSSR count). The highest BCUT2D eigenvalue weighted by Gasteiger charge is 2.40. The summed E-state index contributed by atoms with van der Waals surface area (Å²) in [6, 6.07) is 7.03. The lowest BCUT2D eigenvalue weighted by Gasteiger charge is -2.44. The third-order valence-electron chi connectivity index (χ3n) is 6.93. The van der Waals surface area contributed by atoms with Crippen molar-refractivity contribution in [2.24, 2.45) is 17.6 Å². The maximum absolute atomic E-state index is 12.2. The third kappa shape index (κ3) is 8.24. The van der Waals surface area contributed by atoms with E-state index in [-0.39, 0.29) is 31.2 Å². The average Bonchev–Trinajstić information content (AvgIpc) is 2.84. The van der Waals surface area contributed by atoms with Crippen molar-refractivity contribution in [2.75, 3.05) is 40.0 Å². The van der Waals surface area contributed by atoms with Crippen LogP contribution in [0, 0.1) is 11.8 Å². The van der Waals surface area contributed by atoms with E-state index in [1.807, 2.05) is 18.2 Å². The Kier molecular flexibility index (Phi) is 10.9. The largest absolute Gasteiger partial charge is 0.465 e. The molecule has 4 unspecified atom stereocenters. The molecule has 1 aromatic carbocycles. The monoisotopic (exact) mass is 511 g/mol. The van der Waals surface area contributed by atoms with Crippen LogP contribution in [0.4, 0.5) is 9.59 Å². The van der Waals surface area contributed by atoms with Crippen LogP contribution in [0.15, 0.2) is 24.3 Å². The second-order valence-corrected chi connectivity index (χ2v) is 9.87. The highest BCUT2D eigenvalue weighted by molar-refractivity contribution is 6.30. The Hall–Kier alpha value is -2.07. The first-order valence-corrected chi connectivity index (χ1v) is 12.8. The van der Waals surface area contributed by atoms with Crippen molar-refractivity contribution in [2.45, 2.75) is 56.7 Å². The number of alkyl carbamates (subject to hydrolysis) is 1. The van der Waals surface area contributed by atoms with Gasteiger partial charge in [0.2, 0.25) is 0 Å². The third-order valence-corrected chi connectivity index (χ3v) is 7.17. The molecule has 1 aromatic rings. The number of nitrogens with zero attached hydrogens (tertiary/aromatic N) is 1. The van der Waals surface area contributed by atoms with Gasteiger partial charge in [0.25, 0.3) is 0 Å². The molecule has 2 saturated heterocycles. The lowest BCUT2D eigenvalue weighted by atomic mass is 9.78. The van der Waals surface area contributed by atoms with Gasteiger partial charge in [-0.25, -0.2) is 9.59 Å². The number of methoxy groups -OCH3 is 1. The SMILES string of the molecule is COC(=O)NCCO[C@@H](c1cccc(Cl)c1)C1CCCN(C(=O)O)C1CC(N)CC1CCCOC1. The number of rotatable bonds is 10. The van der Waals surface area contributed by atoms with Crippen LogP contribution in [0.3, 0.4) is 0 Å². The van der Waals surface area contributed by atoms with Gasteiger partial charge < -0.3 is 35.3 Å². The number of halogens is 1. The van der Waals surface area contributed by atoms with E-state index in [1.165, 1.54) is 12.0 Å². The number of amides is 2. The minimum atomic E-state index is -0.940. The predicted octanol–water partition coefficient (Wildman–Crippen LogP) is 4.05. The zero-order valence-corrected chi connectivity index (χ0v) is 21.1. The summed E-state index contributed by atoms with van der Waals surface area (Å²) >= 11 is 6.29. The van der Waals surface area contributed by atoms with Gasteiger partial charge in [-0.15, -0.1) is 0 Å². The van der Waals surface area contributed by atoms with Gasteiger partial charge in [0.05, 0.1) is 19.8 Å². The highest BCUT2D eigenvalue weighted by Crippen LogP contribution is 2.39. The molecule has 0 aromatic heterocycles. The molecule has 0 spiro atoms. The first-order chi connectivity index (χ1) is 16.9. The van der Waals surface area contributed by atoms with Crippen LogP contribution in [0.1, 0.15) is 50.2 Å². The minimum absolute atomic E-state index is 0.106. The van der Waals surface area contributed by atoms with Gasteiger partial charge in [-0.1, -0.05) is 23.7 Å². The number of carbonyl (C=O) groups is 2. The summed E-state index contributed by atoms with van der Waals surface area (Å²) in [6.45, 7) is 2.50. The number of hydrogen-bond donors (Lipinski definition) is 3. The second kappa shape index (κ2) is 13.9.